The summed E-state index contributed by atoms with van der Waals surface area (Å²) in [5.41, 5.74) is 2.41. The van der Waals surface area contributed by atoms with E-state index in [1.807, 2.05) is 30.5 Å². The summed E-state index contributed by atoms with van der Waals surface area (Å²) in [7, 11) is 0. The molecule has 0 atom stereocenters. The van der Waals surface area contributed by atoms with Crippen molar-refractivity contribution in [3.05, 3.63) is 66.1 Å². The van der Waals surface area contributed by atoms with Gasteiger partial charge < -0.3 is 0 Å². The summed E-state index contributed by atoms with van der Waals surface area (Å²) in [6.07, 6.45) is 2.00. The number of rotatable bonds is 4. The number of nitrogens with zero attached hydrogens (tertiary/aromatic N) is 2. The van der Waals surface area contributed by atoms with Crippen molar-refractivity contribution in [1.29, 1.82) is 0 Å². The van der Waals surface area contributed by atoms with Crippen molar-refractivity contribution >= 4 is 28.6 Å². The zero-order valence-electron chi connectivity index (χ0n) is 12.2. The molecular weight excluding hydrogens is 335 g/mol. The first kappa shape index (κ1) is 15.8. The van der Waals surface area contributed by atoms with Crippen molar-refractivity contribution < 1.29 is 9.18 Å². The summed E-state index contributed by atoms with van der Waals surface area (Å²) >= 11 is 7.20. The van der Waals surface area contributed by atoms with Gasteiger partial charge >= 0.3 is 0 Å². The van der Waals surface area contributed by atoms with Gasteiger partial charge in [-0.25, -0.2) is 9.07 Å². The minimum atomic E-state index is -0.632. The Hall–Kier alpha value is -2.11. The fourth-order valence-corrected chi connectivity index (χ4v) is 2.72. The first-order chi connectivity index (χ1) is 11.1. The fourth-order valence-electron chi connectivity index (χ4n) is 2.22. The first-order valence-corrected chi connectivity index (χ1v) is 8.39. The Morgan fingerprint density at radius 3 is 2.35 bits per heavy atom. The van der Waals surface area contributed by atoms with E-state index in [9.17, 15) is 9.18 Å². The summed E-state index contributed by atoms with van der Waals surface area (Å²) in [5.74, 6) is -0.333. The Bertz CT molecular complexity index is 844. The molecule has 0 bridgehead atoms. The zero-order valence-corrected chi connectivity index (χ0v) is 13.7. The summed E-state index contributed by atoms with van der Waals surface area (Å²) in [4.78, 5) is 12.6. The highest BCUT2D eigenvalue weighted by Crippen LogP contribution is 2.27. The molecule has 0 spiro atoms. The normalized spacial score (nSPS) is 10.7. The van der Waals surface area contributed by atoms with Crippen LogP contribution in [0.2, 0.25) is 0 Å². The van der Waals surface area contributed by atoms with Crippen LogP contribution in [0.5, 0.6) is 0 Å². The number of aromatic nitrogens is 2. The number of thioether (sulfide) groups is 1. The minimum Gasteiger partial charge on any atom is -0.274 e. The quantitative estimate of drug-likeness (QED) is 0.503. The molecule has 3 aromatic rings. The molecule has 0 radical (unpaired) electrons. The Morgan fingerprint density at radius 1 is 1.13 bits per heavy atom. The minimum absolute atomic E-state index is 0.153. The number of halogens is 2. The number of carbonyl (C=O) groups is 1. The maximum atomic E-state index is 13.1. The predicted molar refractivity (Wildman–Crippen MR) is 90.9 cm³/mol. The molecule has 0 unspecified atom stereocenters. The molecule has 3 nitrogen and oxygen atoms in total. The number of hydrogen-bond donors (Lipinski definition) is 0. The van der Waals surface area contributed by atoms with Gasteiger partial charge in [-0.2, -0.15) is 5.10 Å². The molecule has 0 aliphatic carbocycles. The number of carbonyl (C=O) groups excluding carboxylic acids is 1. The second-order valence-electron chi connectivity index (χ2n) is 4.81. The van der Waals surface area contributed by atoms with Crippen LogP contribution < -0.4 is 0 Å². The van der Waals surface area contributed by atoms with E-state index in [1.165, 1.54) is 12.1 Å². The molecule has 116 valence electrons. The number of hydrogen-bond acceptors (Lipinski definition) is 3. The molecule has 0 N–H and O–H groups in total. The lowest BCUT2D eigenvalue weighted by atomic mass is 10.1. The lowest BCUT2D eigenvalue weighted by Crippen LogP contribution is -2.00. The van der Waals surface area contributed by atoms with E-state index in [4.69, 9.17) is 11.6 Å². The van der Waals surface area contributed by atoms with Gasteiger partial charge in [0.2, 0.25) is 0 Å². The monoisotopic (exact) mass is 346 g/mol. The Kier molecular flexibility index (Phi) is 4.50. The van der Waals surface area contributed by atoms with Crippen molar-refractivity contribution in [3.8, 4) is 16.9 Å². The topological polar surface area (TPSA) is 34.9 Å². The molecule has 0 fully saturated rings. The molecule has 0 aliphatic heterocycles. The summed E-state index contributed by atoms with van der Waals surface area (Å²) in [6.45, 7) is 0. The van der Waals surface area contributed by atoms with Crippen molar-refractivity contribution in [2.45, 2.75) is 4.90 Å². The van der Waals surface area contributed by atoms with Gasteiger partial charge in [0.05, 0.1) is 11.4 Å². The van der Waals surface area contributed by atoms with E-state index in [1.54, 1.807) is 34.6 Å². The zero-order chi connectivity index (χ0) is 16.4. The van der Waals surface area contributed by atoms with Crippen LogP contribution in [0.4, 0.5) is 4.39 Å². The van der Waals surface area contributed by atoms with Crippen molar-refractivity contribution in [3.63, 3.8) is 0 Å². The first-order valence-electron chi connectivity index (χ1n) is 6.79. The van der Waals surface area contributed by atoms with E-state index in [2.05, 4.69) is 5.10 Å². The highest BCUT2D eigenvalue weighted by atomic mass is 35.5. The Balaban J connectivity index is 2.13. The summed E-state index contributed by atoms with van der Waals surface area (Å²) in [6, 6.07) is 15.4. The average molecular weight is 347 g/mol. The van der Waals surface area contributed by atoms with Crippen LogP contribution in [0.3, 0.4) is 0 Å². The van der Waals surface area contributed by atoms with Gasteiger partial charge in [-0.3, -0.25) is 4.79 Å². The molecule has 23 heavy (non-hydrogen) atoms. The van der Waals surface area contributed by atoms with Crippen LogP contribution in [-0.2, 0) is 0 Å². The van der Waals surface area contributed by atoms with Crippen LogP contribution >= 0.6 is 23.4 Å². The molecule has 6 heteroatoms. The second-order valence-corrected chi connectivity index (χ2v) is 6.03. The summed E-state index contributed by atoms with van der Waals surface area (Å²) in [5, 5.41) is 3.60. The van der Waals surface area contributed by atoms with E-state index in [0.29, 0.717) is 11.4 Å². The van der Waals surface area contributed by atoms with Crippen LogP contribution in [-0.4, -0.2) is 21.3 Å². The highest BCUT2D eigenvalue weighted by Gasteiger charge is 2.15. The second kappa shape index (κ2) is 6.56. The maximum Gasteiger partial charge on any atom is 0.272 e. The van der Waals surface area contributed by atoms with E-state index in [-0.39, 0.29) is 11.5 Å². The standard InChI is InChI=1S/C17H12ClFN2OS/c1-23-14-8-2-11(3-9-14)16-10-15(17(18)22)20-21(16)13-6-4-12(19)5-7-13/h2-10H,1H3. The molecule has 3 rings (SSSR count). The third-order valence-electron chi connectivity index (χ3n) is 3.37. The van der Waals surface area contributed by atoms with E-state index >= 15 is 0 Å². The van der Waals surface area contributed by atoms with Gasteiger partial charge in [0.15, 0.2) is 0 Å². The molecular formula is C17H12ClFN2OS. The van der Waals surface area contributed by atoms with Crippen molar-refractivity contribution in [1.82, 2.24) is 9.78 Å². The Labute approximate surface area is 142 Å². The fraction of sp³-hybridized carbons (Fsp3) is 0.0588. The van der Waals surface area contributed by atoms with Gasteiger partial charge in [-0.15, -0.1) is 11.8 Å². The van der Waals surface area contributed by atoms with Gasteiger partial charge in [-0.05, 0) is 60.3 Å². The van der Waals surface area contributed by atoms with Gasteiger partial charge in [0.25, 0.3) is 5.24 Å². The molecule has 1 heterocycles. The van der Waals surface area contributed by atoms with Gasteiger partial charge in [-0.1, -0.05) is 12.1 Å². The van der Waals surface area contributed by atoms with Gasteiger partial charge in [0, 0.05) is 10.5 Å². The van der Waals surface area contributed by atoms with Crippen molar-refractivity contribution in [2.75, 3.05) is 6.26 Å². The molecule has 2 aromatic carbocycles. The lowest BCUT2D eigenvalue weighted by molar-refractivity contribution is 0.107. The van der Waals surface area contributed by atoms with Gasteiger partial charge in [0.1, 0.15) is 11.5 Å². The highest BCUT2D eigenvalue weighted by molar-refractivity contribution is 7.98. The number of benzene rings is 2. The Morgan fingerprint density at radius 2 is 1.78 bits per heavy atom. The summed E-state index contributed by atoms with van der Waals surface area (Å²) < 4.78 is 14.7. The predicted octanol–water partition coefficient (Wildman–Crippen LogP) is 4.78. The maximum absolute atomic E-state index is 13.1. The van der Waals surface area contributed by atoms with E-state index in [0.717, 1.165) is 10.5 Å². The van der Waals surface area contributed by atoms with Crippen LogP contribution in [0.1, 0.15) is 10.5 Å². The average Bonchev–Trinajstić information content (AvgIpc) is 3.01. The lowest BCUT2D eigenvalue weighted by Gasteiger charge is -2.08. The SMILES string of the molecule is CSc1ccc(-c2cc(C(=O)Cl)nn2-c2ccc(F)cc2)cc1. The van der Waals surface area contributed by atoms with Crippen LogP contribution in [0.15, 0.2) is 59.5 Å². The van der Waals surface area contributed by atoms with Crippen LogP contribution in [0, 0.1) is 5.82 Å². The molecule has 0 saturated heterocycles. The van der Waals surface area contributed by atoms with E-state index < -0.39 is 5.24 Å². The molecule has 1 aromatic heterocycles. The molecule has 0 amide bonds. The largest absolute Gasteiger partial charge is 0.274 e. The molecule has 0 aliphatic rings. The molecule has 0 saturated carbocycles. The third kappa shape index (κ3) is 3.30. The van der Waals surface area contributed by atoms with Crippen molar-refractivity contribution in [2.24, 2.45) is 0 Å². The van der Waals surface area contributed by atoms with Crippen LogP contribution in [0.25, 0.3) is 16.9 Å². The third-order valence-corrected chi connectivity index (χ3v) is 4.30. The smallest absolute Gasteiger partial charge is 0.272 e.